The van der Waals surface area contributed by atoms with E-state index in [9.17, 15) is 4.79 Å². The van der Waals surface area contributed by atoms with E-state index in [-0.39, 0.29) is 5.91 Å². The average molecular weight is 343 g/mol. The average Bonchev–Trinajstić information content (AvgIpc) is 2.69. The van der Waals surface area contributed by atoms with Crippen molar-refractivity contribution in [3.8, 4) is 6.07 Å². The lowest BCUT2D eigenvalue weighted by Crippen LogP contribution is -2.20. The van der Waals surface area contributed by atoms with Gasteiger partial charge in [-0.3, -0.25) is 4.79 Å². The maximum Gasteiger partial charge on any atom is 0.274 e. The lowest BCUT2D eigenvalue weighted by Gasteiger charge is -2.18. The Morgan fingerprint density at radius 2 is 1.85 bits per heavy atom. The number of aromatic nitrogens is 2. The van der Waals surface area contributed by atoms with Crippen molar-refractivity contribution in [2.24, 2.45) is 0 Å². The minimum Gasteiger partial charge on any atom is -0.355 e. The number of carbonyl (C=O) groups excluding carboxylic acids is 1. The van der Waals surface area contributed by atoms with E-state index in [4.69, 9.17) is 5.26 Å². The molecule has 1 heterocycles. The van der Waals surface area contributed by atoms with Crippen molar-refractivity contribution in [2.75, 3.05) is 17.3 Å². The van der Waals surface area contributed by atoms with Gasteiger partial charge in [-0.05, 0) is 29.8 Å². The quantitative estimate of drug-likeness (QED) is 0.769. The molecule has 0 saturated carbocycles. The molecule has 2 aromatic carbocycles. The molecule has 6 nitrogen and oxygen atoms in total. The number of rotatable bonds is 5. The van der Waals surface area contributed by atoms with Crippen LogP contribution >= 0.6 is 0 Å². The lowest BCUT2D eigenvalue weighted by atomic mass is 10.1. The Hall–Kier alpha value is -3.72. The van der Waals surface area contributed by atoms with Gasteiger partial charge >= 0.3 is 0 Å². The summed E-state index contributed by atoms with van der Waals surface area (Å²) in [6, 6.07) is 20.3. The first kappa shape index (κ1) is 17.1. The van der Waals surface area contributed by atoms with Crippen molar-refractivity contribution in [2.45, 2.75) is 6.54 Å². The van der Waals surface area contributed by atoms with E-state index in [0.717, 1.165) is 5.56 Å². The largest absolute Gasteiger partial charge is 0.355 e. The van der Waals surface area contributed by atoms with Crippen LogP contribution in [0.15, 0.2) is 67.0 Å². The van der Waals surface area contributed by atoms with Gasteiger partial charge in [-0.15, -0.1) is 0 Å². The van der Waals surface area contributed by atoms with Gasteiger partial charge in [0, 0.05) is 25.3 Å². The predicted molar refractivity (Wildman–Crippen MR) is 99.7 cm³/mol. The first-order valence-electron chi connectivity index (χ1n) is 8.04. The van der Waals surface area contributed by atoms with Crippen LogP contribution in [0.25, 0.3) is 0 Å². The van der Waals surface area contributed by atoms with E-state index in [1.807, 2.05) is 54.4 Å². The Morgan fingerprint density at radius 1 is 1.12 bits per heavy atom. The number of para-hydroxylation sites is 1. The molecule has 1 N–H and O–H groups in total. The Bertz CT molecular complexity index is 932. The van der Waals surface area contributed by atoms with Crippen LogP contribution in [0.5, 0.6) is 0 Å². The molecule has 3 rings (SSSR count). The molecule has 0 unspecified atom stereocenters. The number of carbonyl (C=O) groups is 1. The first-order chi connectivity index (χ1) is 12.7. The molecule has 0 bridgehead atoms. The Labute approximate surface area is 151 Å². The second kappa shape index (κ2) is 7.90. The summed E-state index contributed by atoms with van der Waals surface area (Å²) in [7, 11) is 1.89. The summed E-state index contributed by atoms with van der Waals surface area (Å²) in [6.45, 7) is 0.600. The fourth-order valence-corrected chi connectivity index (χ4v) is 2.44. The third kappa shape index (κ3) is 4.22. The van der Waals surface area contributed by atoms with Crippen molar-refractivity contribution in [3.63, 3.8) is 0 Å². The zero-order valence-corrected chi connectivity index (χ0v) is 14.3. The van der Waals surface area contributed by atoms with Crippen molar-refractivity contribution >= 4 is 17.4 Å². The molecule has 1 aromatic heterocycles. The molecule has 0 aliphatic carbocycles. The number of anilines is 2. The highest BCUT2D eigenvalue weighted by Gasteiger charge is 2.11. The van der Waals surface area contributed by atoms with Gasteiger partial charge in [-0.2, -0.15) is 5.26 Å². The van der Waals surface area contributed by atoms with Crippen LogP contribution in [0.2, 0.25) is 0 Å². The third-order valence-corrected chi connectivity index (χ3v) is 3.81. The molecule has 0 radical (unpaired) electrons. The number of nitriles is 1. The number of hydrogen-bond donors (Lipinski definition) is 1. The maximum atomic E-state index is 12.4. The van der Waals surface area contributed by atoms with E-state index in [1.165, 1.54) is 6.33 Å². The fourth-order valence-electron chi connectivity index (χ4n) is 2.44. The standard InChI is InChI=1S/C20H17N5O/c1-25(13-16-9-7-15(12-21)8-10-16)19-11-18(22-14-23-19)20(26)24-17-5-3-2-4-6-17/h2-11,14H,13H2,1H3,(H,24,26). The molecule has 26 heavy (non-hydrogen) atoms. The predicted octanol–water partition coefficient (Wildman–Crippen LogP) is 3.24. The van der Waals surface area contributed by atoms with E-state index < -0.39 is 0 Å². The van der Waals surface area contributed by atoms with Gasteiger partial charge in [0.1, 0.15) is 17.8 Å². The Balaban J connectivity index is 1.71. The molecule has 0 saturated heterocycles. The summed E-state index contributed by atoms with van der Waals surface area (Å²) in [4.78, 5) is 22.6. The van der Waals surface area contributed by atoms with Crippen LogP contribution < -0.4 is 10.2 Å². The molecular weight excluding hydrogens is 326 g/mol. The van der Waals surface area contributed by atoms with Gasteiger partial charge in [0.25, 0.3) is 5.91 Å². The van der Waals surface area contributed by atoms with Crippen molar-refractivity contribution < 1.29 is 4.79 Å². The second-order valence-electron chi connectivity index (χ2n) is 5.75. The normalized spacial score (nSPS) is 10.0. The number of hydrogen-bond acceptors (Lipinski definition) is 5. The molecule has 0 aliphatic rings. The highest BCUT2D eigenvalue weighted by Crippen LogP contribution is 2.15. The number of amides is 1. The monoisotopic (exact) mass is 343 g/mol. The summed E-state index contributed by atoms with van der Waals surface area (Å²) >= 11 is 0. The first-order valence-corrected chi connectivity index (χ1v) is 8.04. The minimum atomic E-state index is -0.286. The van der Waals surface area contributed by atoms with Gasteiger partial charge < -0.3 is 10.2 Å². The van der Waals surface area contributed by atoms with Crippen LogP contribution in [0.3, 0.4) is 0 Å². The van der Waals surface area contributed by atoms with Gasteiger partial charge in [0.2, 0.25) is 0 Å². The van der Waals surface area contributed by atoms with E-state index in [0.29, 0.717) is 29.3 Å². The minimum absolute atomic E-state index is 0.286. The summed E-state index contributed by atoms with van der Waals surface area (Å²) in [5.74, 6) is 0.356. The van der Waals surface area contributed by atoms with Crippen molar-refractivity contribution in [3.05, 3.63) is 83.8 Å². The van der Waals surface area contributed by atoms with Gasteiger partial charge in [-0.1, -0.05) is 30.3 Å². The summed E-state index contributed by atoms with van der Waals surface area (Å²) in [5, 5.41) is 11.7. The maximum absolute atomic E-state index is 12.4. The van der Waals surface area contributed by atoms with E-state index in [1.54, 1.807) is 18.2 Å². The van der Waals surface area contributed by atoms with Gasteiger partial charge in [0.05, 0.1) is 11.6 Å². The fraction of sp³-hybridized carbons (Fsp3) is 0.100. The third-order valence-electron chi connectivity index (χ3n) is 3.81. The molecule has 128 valence electrons. The van der Waals surface area contributed by atoms with Crippen LogP contribution in [0.4, 0.5) is 11.5 Å². The van der Waals surface area contributed by atoms with Crippen molar-refractivity contribution in [1.29, 1.82) is 5.26 Å². The Kier molecular flexibility index (Phi) is 5.20. The van der Waals surface area contributed by atoms with Crippen LogP contribution in [0, 0.1) is 11.3 Å². The molecule has 3 aromatic rings. The van der Waals surface area contributed by atoms with E-state index >= 15 is 0 Å². The van der Waals surface area contributed by atoms with Crippen LogP contribution in [-0.4, -0.2) is 22.9 Å². The summed E-state index contributed by atoms with van der Waals surface area (Å²) < 4.78 is 0. The summed E-state index contributed by atoms with van der Waals surface area (Å²) in [6.07, 6.45) is 1.38. The zero-order chi connectivity index (χ0) is 18.4. The molecule has 0 spiro atoms. The smallest absolute Gasteiger partial charge is 0.274 e. The number of nitrogens with one attached hydrogen (secondary N) is 1. The molecule has 1 amide bonds. The highest BCUT2D eigenvalue weighted by atomic mass is 16.1. The number of benzene rings is 2. The van der Waals surface area contributed by atoms with Crippen LogP contribution in [0.1, 0.15) is 21.6 Å². The molecule has 0 fully saturated rings. The van der Waals surface area contributed by atoms with E-state index in [2.05, 4.69) is 21.4 Å². The van der Waals surface area contributed by atoms with Crippen LogP contribution in [-0.2, 0) is 6.54 Å². The molecule has 0 aliphatic heterocycles. The zero-order valence-electron chi connectivity index (χ0n) is 14.3. The molecule has 6 heteroatoms. The molecule has 0 atom stereocenters. The summed E-state index contributed by atoms with van der Waals surface area (Å²) in [5.41, 5.74) is 2.67. The highest BCUT2D eigenvalue weighted by molar-refractivity contribution is 6.03. The SMILES string of the molecule is CN(Cc1ccc(C#N)cc1)c1cc(C(=O)Nc2ccccc2)ncn1. The lowest BCUT2D eigenvalue weighted by molar-refractivity contribution is 0.102. The van der Waals surface area contributed by atoms with Gasteiger partial charge in [0.15, 0.2) is 0 Å². The number of nitrogens with zero attached hydrogens (tertiary/aromatic N) is 4. The Morgan fingerprint density at radius 3 is 2.54 bits per heavy atom. The second-order valence-corrected chi connectivity index (χ2v) is 5.75. The van der Waals surface area contributed by atoms with Crippen molar-refractivity contribution in [1.82, 2.24) is 9.97 Å². The molecular formula is C20H17N5O. The topological polar surface area (TPSA) is 81.9 Å². The van der Waals surface area contributed by atoms with Gasteiger partial charge in [-0.25, -0.2) is 9.97 Å².